The van der Waals surface area contributed by atoms with E-state index in [1.165, 1.54) is 11.1 Å². The highest BCUT2D eigenvalue weighted by Gasteiger charge is 2.42. The van der Waals surface area contributed by atoms with Gasteiger partial charge < -0.3 is 14.7 Å². The van der Waals surface area contributed by atoms with Crippen LogP contribution in [0.15, 0.2) is 47.7 Å². The maximum absolute atomic E-state index is 12.7. The van der Waals surface area contributed by atoms with Crippen molar-refractivity contribution in [2.45, 2.75) is 25.2 Å². The van der Waals surface area contributed by atoms with Gasteiger partial charge in [0.2, 0.25) is 0 Å². The molecule has 5 rings (SSSR count). The molecule has 0 radical (unpaired) electrons. The van der Waals surface area contributed by atoms with Crippen LogP contribution in [0.5, 0.6) is 0 Å². The molecule has 1 aliphatic carbocycles. The van der Waals surface area contributed by atoms with E-state index < -0.39 is 0 Å². The smallest absolute Gasteiger partial charge is 0.337 e. The molecule has 0 bridgehead atoms. The summed E-state index contributed by atoms with van der Waals surface area (Å²) in [6, 6.07) is 12.2. The summed E-state index contributed by atoms with van der Waals surface area (Å²) in [5.74, 6) is -0.464. The van der Waals surface area contributed by atoms with Crippen LogP contribution in [0, 0.1) is 0 Å². The molecule has 1 N–H and O–H groups in total. The van der Waals surface area contributed by atoms with Crippen LogP contribution in [0.3, 0.4) is 0 Å². The van der Waals surface area contributed by atoms with Crippen molar-refractivity contribution in [3.8, 4) is 0 Å². The summed E-state index contributed by atoms with van der Waals surface area (Å²) in [5, 5.41) is 10.3. The molecule has 5 heteroatoms. The quantitative estimate of drug-likeness (QED) is 0.825. The molecule has 0 saturated heterocycles. The maximum Gasteiger partial charge on any atom is 0.337 e. The SMILES string of the molecule is O=C1OCC2=C1C(c1cccc(Cl)c1)c1cc3c(cc1N2CCO)CCC3. The van der Waals surface area contributed by atoms with E-state index in [9.17, 15) is 9.90 Å². The van der Waals surface area contributed by atoms with Crippen molar-refractivity contribution in [2.24, 2.45) is 0 Å². The number of cyclic esters (lactones) is 1. The minimum Gasteiger partial charge on any atom is -0.456 e. The minimum absolute atomic E-state index is 0.0172. The Morgan fingerprint density at radius 3 is 2.78 bits per heavy atom. The summed E-state index contributed by atoms with van der Waals surface area (Å²) in [6.07, 6.45) is 3.31. The van der Waals surface area contributed by atoms with Crippen LogP contribution in [-0.2, 0) is 22.4 Å². The number of hydrogen-bond acceptors (Lipinski definition) is 4. The molecule has 3 aliphatic rings. The molecule has 2 heterocycles. The highest BCUT2D eigenvalue weighted by Crippen LogP contribution is 2.49. The predicted octanol–water partition coefficient (Wildman–Crippen LogP) is 3.58. The van der Waals surface area contributed by atoms with Crippen LogP contribution in [-0.4, -0.2) is 30.8 Å². The third-order valence-electron chi connectivity index (χ3n) is 5.83. The third-order valence-corrected chi connectivity index (χ3v) is 6.07. The van der Waals surface area contributed by atoms with Gasteiger partial charge in [0.1, 0.15) is 6.61 Å². The van der Waals surface area contributed by atoms with Gasteiger partial charge in [-0.15, -0.1) is 0 Å². The second-order valence-electron chi connectivity index (χ2n) is 7.33. The van der Waals surface area contributed by atoms with Crippen molar-refractivity contribution >= 4 is 23.3 Å². The van der Waals surface area contributed by atoms with Crippen molar-refractivity contribution in [1.82, 2.24) is 0 Å². The average molecular weight is 382 g/mol. The number of aryl methyl sites for hydroxylation is 2. The number of ether oxygens (including phenoxy) is 1. The second kappa shape index (κ2) is 6.39. The van der Waals surface area contributed by atoms with Gasteiger partial charge in [0.15, 0.2) is 0 Å². The first-order chi connectivity index (χ1) is 13.2. The fraction of sp³-hybridized carbons (Fsp3) is 0.318. The first-order valence-electron chi connectivity index (χ1n) is 9.37. The number of aliphatic hydroxyl groups is 1. The molecule has 2 aromatic carbocycles. The topological polar surface area (TPSA) is 49.8 Å². The molecular weight excluding hydrogens is 362 g/mol. The van der Waals surface area contributed by atoms with E-state index in [4.69, 9.17) is 16.3 Å². The Hall–Kier alpha value is -2.30. The van der Waals surface area contributed by atoms with Gasteiger partial charge in [0.05, 0.1) is 17.9 Å². The molecule has 138 valence electrons. The Kier molecular flexibility index (Phi) is 3.99. The van der Waals surface area contributed by atoms with E-state index in [1.54, 1.807) is 0 Å². The normalized spacial score (nSPS) is 20.4. The van der Waals surface area contributed by atoms with E-state index >= 15 is 0 Å². The van der Waals surface area contributed by atoms with Crippen molar-refractivity contribution in [3.63, 3.8) is 0 Å². The largest absolute Gasteiger partial charge is 0.456 e. The zero-order chi connectivity index (χ0) is 18.5. The Morgan fingerprint density at radius 2 is 2.00 bits per heavy atom. The number of aliphatic hydroxyl groups excluding tert-OH is 1. The fourth-order valence-electron chi connectivity index (χ4n) is 4.70. The third kappa shape index (κ3) is 2.59. The summed E-state index contributed by atoms with van der Waals surface area (Å²) in [7, 11) is 0. The van der Waals surface area contributed by atoms with Crippen LogP contribution in [0.2, 0.25) is 5.02 Å². The van der Waals surface area contributed by atoms with Crippen LogP contribution in [0.4, 0.5) is 5.69 Å². The van der Waals surface area contributed by atoms with E-state index in [0.717, 1.165) is 41.8 Å². The number of β-amino-alcohol motifs (C(OH)–C–C–N with tert-alkyl or cyclic N) is 1. The number of esters is 1. The Morgan fingerprint density at radius 1 is 1.19 bits per heavy atom. The van der Waals surface area contributed by atoms with Crippen molar-refractivity contribution in [1.29, 1.82) is 0 Å². The number of hydrogen-bond donors (Lipinski definition) is 1. The van der Waals surface area contributed by atoms with Crippen molar-refractivity contribution in [2.75, 3.05) is 24.7 Å². The van der Waals surface area contributed by atoms with Crippen molar-refractivity contribution in [3.05, 3.63) is 74.9 Å². The number of nitrogens with zero attached hydrogens (tertiary/aromatic N) is 1. The maximum atomic E-state index is 12.7. The minimum atomic E-state index is -0.274. The molecule has 27 heavy (non-hydrogen) atoms. The van der Waals surface area contributed by atoms with E-state index in [2.05, 4.69) is 17.0 Å². The second-order valence-corrected chi connectivity index (χ2v) is 7.77. The van der Waals surface area contributed by atoms with E-state index in [-0.39, 0.29) is 25.1 Å². The van der Waals surface area contributed by atoms with E-state index in [1.807, 2.05) is 24.3 Å². The number of benzene rings is 2. The fourth-order valence-corrected chi connectivity index (χ4v) is 4.90. The monoisotopic (exact) mass is 381 g/mol. The number of halogens is 1. The number of fused-ring (bicyclic) bond motifs is 2. The van der Waals surface area contributed by atoms with E-state index in [0.29, 0.717) is 17.1 Å². The summed E-state index contributed by atoms with van der Waals surface area (Å²) in [6.45, 7) is 0.717. The molecule has 0 amide bonds. The van der Waals surface area contributed by atoms with Gasteiger partial charge in [-0.1, -0.05) is 29.8 Å². The number of carbonyl (C=O) groups excluding carboxylic acids is 1. The first kappa shape index (κ1) is 16.8. The molecule has 0 saturated carbocycles. The van der Waals surface area contributed by atoms with Crippen LogP contribution < -0.4 is 4.90 Å². The number of anilines is 1. The van der Waals surface area contributed by atoms with Crippen molar-refractivity contribution < 1.29 is 14.6 Å². The molecular formula is C22H20ClNO3. The lowest BCUT2D eigenvalue weighted by atomic mass is 9.79. The van der Waals surface area contributed by atoms with Crippen LogP contribution >= 0.6 is 11.6 Å². The van der Waals surface area contributed by atoms with Gasteiger partial charge in [0, 0.05) is 23.2 Å². The number of carbonyl (C=O) groups is 1. The van der Waals surface area contributed by atoms with Gasteiger partial charge in [-0.25, -0.2) is 4.79 Å². The summed E-state index contributed by atoms with van der Waals surface area (Å²) in [4.78, 5) is 14.7. The van der Waals surface area contributed by atoms with Gasteiger partial charge >= 0.3 is 5.97 Å². The first-order valence-corrected chi connectivity index (χ1v) is 9.75. The Balaban J connectivity index is 1.77. The molecule has 0 aromatic heterocycles. The van der Waals surface area contributed by atoms with Gasteiger partial charge in [-0.3, -0.25) is 0 Å². The van der Waals surface area contributed by atoms with Gasteiger partial charge in [-0.05, 0) is 59.7 Å². The zero-order valence-electron chi connectivity index (χ0n) is 14.9. The van der Waals surface area contributed by atoms with Crippen LogP contribution in [0.25, 0.3) is 0 Å². The molecule has 0 fully saturated rings. The standard InChI is InChI=1S/C22H20ClNO3/c23-16-6-2-5-15(9-16)20-17-10-13-3-1-4-14(13)11-18(17)24(7-8-25)19-12-27-22(26)21(19)20/h2,5-6,9-11,20,25H,1,3-4,7-8,12H2. The lowest BCUT2D eigenvalue weighted by molar-refractivity contribution is -0.136. The lowest BCUT2D eigenvalue weighted by Crippen LogP contribution is -2.33. The zero-order valence-corrected chi connectivity index (χ0v) is 15.6. The molecule has 2 aromatic rings. The Labute approximate surface area is 163 Å². The lowest BCUT2D eigenvalue weighted by Gasteiger charge is -2.36. The highest BCUT2D eigenvalue weighted by molar-refractivity contribution is 6.30. The molecule has 1 unspecified atom stereocenters. The molecule has 1 atom stereocenters. The van der Waals surface area contributed by atoms with Gasteiger partial charge in [-0.2, -0.15) is 0 Å². The summed E-state index contributed by atoms with van der Waals surface area (Å²) < 4.78 is 5.42. The Bertz CT molecular complexity index is 982. The molecule has 0 spiro atoms. The summed E-state index contributed by atoms with van der Waals surface area (Å²) >= 11 is 6.27. The predicted molar refractivity (Wildman–Crippen MR) is 104 cm³/mol. The summed E-state index contributed by atoms with van der Waals surface area (Å²) in [5.41, 5.74) is 7.45. The van der Waals surface area contributed by atoms with Crippen LogP contribution in [0.1, 0.15) is 34.6 Å². The average Bonchev–Trinajstić information content (AvgIpc) is 3.27. The number of rotatable bonds is 3. The highest BCUT2D eigenvalue weighted by atomic mass is 35.5. The van der Waals surface area contributed by atoms with Gasteiger partial charge in [0.25, 0.3) is 0 Å². The molecule has 2 aliphatic heterocycles. The molecule has 4 nitrogen and oxygen atoms in total.